The van der Waals surface area contributed by atoms with E-state index in [9.17, 15) is 14.7 Å². The Morgan fingerprint density at radius 3 is 2.37 bits per heavy atom. The smallest absolute Gasteiger partial charge is 0.273 e. The van der Waals surface area contributed by atoms with E-state index in [2.05, 4.69) is 67.9 Å². The average Bonchev–Trinajstić information content (AvgIpc) is 2.77. The van der Waals surface area contributed by atoms with E-state index in [1.807, 2.05) is 12.1 Å². The van der Waals surface area contributed by atoms with Gasteiger partial charge in [-0.15, -0.1) is 0 Å². The second-order valence-corrected chi connectivity index (χ2v) is 10.0. The molecule has 0 saturated carbocycles. The van der Waals surface area contributed by atoms with Gasteiger partial charge in [0.25, 0.3) is 5.91 Å². The number of hydrogen-bond donors (Lipinski definition) is 7. The zero-order valence-corrected chi connectivity index (χ0v) is 22.3. The number of aromatic nitrogens is 2. The molecule has 2 amide bonds. The maximum atomic E-state index is 12.1. The van der Waals surface area contributed by atoms with Crippen molar-refractivity contribution >= 4 is 51.0 Å². The van der Waals surface area contributed by atoms with Gasteiger partial charge in [-0.1, -0.05) is 38.4 Å². The molecule has 13 heteroatoms. The highest BCUT2D eigenvalue weighted by Gasteiger charge is 2.18. The number of aromatic hydroxyl groups is 1. The van der Waals surface area contributed by atoms with E-state index in [4.69, 9.17) is 23.1 Å². The third-order valence-electron chi connectivity index (χ3n) is 4.94. The van der Waals surface area contributed by atoms with Gasteiger partial charge in [-0.2, -0.15) is 0 Å². The summed E-state index contributed by atoms with van der Waals surface area (Å²) >= 11 is 9.18. The van der Waals surface area contributed by atoms with Crippen molar-refractivity contribution in [3.8, 4) is 5.75 Å². The first-order chi connectivity index (χ1) is 16.4. The largest absolute Gasteiger partial charge is 0.506 e. The first-order valence-corrected chi connectivity index (χ1v) is 12.1. The summed E-state index contributed by atoms with van der Waals surface area (Å²) in [5.74, 6) is -0.682. The summed E-state index contributed by atoms with van der Waals surface area (Å²) in [7, 11) is 0. The van der Waals surface area contributed by atoms with Gasteiger partial charge < -0.3 is 37.8 Å². The fourth-order valence-corrected chi connectivity index (χ4v) is 3.59. The molecular formula is C22H32BrClN8O3. The van der Waals surface area contributed by atoms with Crippen LogP contribution in [-0.2, 0) is 16.8 Å². The second-order valence-electron chi connectivity index (χ2n) is 8.81. The number of rotatable bonds is 11. The van der Waals surface area contributed by atoms with Crippen molar-refractivity contribution < 1.29 is 14.7 Å². The lowest BCUT2D eigenvalue weighted by Gasteiger charge is -2.21. The highest BCUT2D eigenvalue weighted by atomic mass is 79.9. The minimum Gasteiger partial charge on any atom is -0.506 e. The predicted octanol–water partition coefficient (Wildman–Crippen LogP) is 1.29. The number of halogens is 2. The number of carbonyl (C=O) groups excluding carboxylic acids is 2. The standard InChI is InChI=1S/C22H32BrClN8O3/c1-22(2,3)13-8-12(17(34)14(23)9-13)10-27-4-6-29-15(33)11-28-5-7-30-21(35)16-19(25)32-20(26)18(24)31-16/h8-9,27-28,34H,4-7,10-11H2,1-3H3,(H,29,33)(H,30,35)(H4,25,26,32). The van der Waals surface area contributed by atoms with Crippen molar-refractivity contribution in [2.24, 2.45) is 0 Å². The van der Waals surface area contributed by atoms with E-state index >= 15 is 0 Å². The molecule has 0 saturated heterocycles. The molecule has 192 valence electrons. The third-order valence-corrected chi connectivity index (χ3v) is 5.82. The SMILES string of the molecule is CC(C)(C)c1cc(Br)c(O)c(CNCCNC(=O)CNCCNC(=O)c2nc(Cl)c(N)nc2N)c1. The number of carbonyl (C=O) groups is 2. The monoisotopic (exact) mass is 570 g/mol. The molecule has 0 atom stereocenters. The van der Waals surface area contributed by atoms with Crippen molar-refractivity contribution in [2.75, 3.05) is 44.2 Å². The van der Waals surface area contributed by atoms with Crippen LogP contribution in [0.3, 0.4) is 0 Å². The molecule has 1 aromatic heterocycles. The fourth-order valence-electron chi connectivity index (χ4n) is 2.96. The van der Waals surface area contributed by atoms with Crippen LogP contribution >= 0.6 is 27.5 Å². The van der Waals surface area contributed by atoms with Crippen LogP contribution in [-0.4, -0.2) is 59.6 Å². The molecule has 2 aromatic rings. The summed E-state index contributed by atoms with van der Waals surface area (Å²) in [5.41, 5.74) is 12.9. The number of nitrogens with zero attached hydrogens (tertiary/aromatic N) is 2. The number of amides is 2. The maximum absolute atomic E-state index is 12.1. The van der Waals surface area contributed by atoms with Gasteiger partial charge in [-0.05, 0) is 33.0 Å². The highest BCUT2D eigenvalue weighted by Crippen LogP contribution is 2.34. The lowest BCUT2D eigenvalue weighted by atomic mass is 9.86. The molecule has 11 nitrogen and oxygen atoms in total. The van der Waals surface area contributed by atoms with Crippen LogP contribution in [0.15, 0.2) is 16.6 Å². The number of nitrogens with two attached hydrogens (primary N) is 2. The first kappa shape index (κ1) is 28.6. The zero-order chi connectivity index (χ0) is 26.2. The Morgan fingerprint density at radius 1 is 1.03 bits per heavy atom. The molecule has 0 fully saturated rings. The van der Waals surface area contributed by atoms with Crippen LogP contribution < -0.4 is 32.7 Å². The van der Waals surface area contributed by atoms with Gasteiger partial charge in [0, 0.05) is 38.3 Å². The Labute approximate surface area is 217 Å². The van der Waals surface area contributed by atoms with Gasteiger partial charge in [0.1, 0.15) is 5.75 Å². The van der Waals surface area contributed by atoms with Crippen LogP contribution in [0.1, 0.15) is 42.4 Å². The molecule has 0 unspecified atom stereocenters. The number of benzene rings is 1. The normalized spacial score (nSPS) is 11.3. The molecule has 0 aliphatic carbocycles. The summed E-state index contributed by atoms with van der Waals surface area (Å²) in [5, 5.41) is 21.7. The summed E-state index contributed by atoms with van der Waals surface area (Å²) < 4.78 is 0.658. The molecule has 2 rings (SSSR count). The molecule has 35 heavy (non-hydrogen) atoms. The van der Waals surface area contributed by atoms with Gasteiger partial charge in [-0.25, -0.2) is 9.97 Å². The van der Waals surface area contributed by atoms with E-state index in [0.717, 1.165) is 11.1 Å². The molecule has 0 bridgehead atoms. The Morgan fingerprint density at radius 2 is 1.69 bits per heavy atom. The second kappa shape index (κ2) is 12.9. The topological polar surface area (TPSA) is 180 Å². The van der Waals surface area contributed by atoms with Gasteiger partial charge in [0.15, 0.2) is 22.5 Å². The van der Waals surface area contributed by atoms with E-state index < -0.39 is 5.91 Å². The predicted molar refractivity (Wildman–Crippen MR) is 140 cm³/mol. The summed E-state index contributed by atoms with van der Waals surface area (Å²) in [4.78, 5) is 31.7. The van der Waals surface area contributed by atoms with Crippen LogP contribution in [0.4, 0.5) is 11.6 Å². The lowest BCUT2D eigenvalue weighted by Crippen LogP contribution is -2.40. The van der Waals surface area contributed by atoms with Crippen LogP contribution in [0.2, 0.25) is 5.15 Å². The fraction of sp³-hybridized carbons (Fsp3) is 0.455. The van der Waals surface area contributed by atoms with Crippen LogP contribution in [0, 0.1) is 0 Å². The van der Waals surface area contributed by atoms with Crippen molar-refractivity contribution in [3.63, 3.8) is 0 Å². The van der Waals surface area contributed by atoms with E-state index in [1.54, 1.807) is 0 Å². The van der Waals surface area contributed by atoms with E-state index in [1.165, 1.54) is 0 Å². The molecule has 9 N–H and O–H groups in total. The number of anilines is 2. The molecular weight excluding hydrogens is 540 g/mol. The minimum atomic E-state index is -0.541. The lowest BCUT2D eigenvalue weighted by molar-refractivity contribution is -0.120. The van der Waals surface area contributed by atoms with Crippen molar-refractivity contribution in [1.29, 1.82) is 0 Å². The third kappa shape index (κ3) is 8.80. The first-order valence-electron chi connectivity index (χ1n) is 11.0. The highest BCUT2D eigenvalue weighted by molar-refractivity contribution is 9.10. The Balaban J connectivity index is 1.63. The van der Waals surface area contributed by atoms with E-state index in [-0.39, 0.29) is 52.6 Å². The van der Waals surface area contributed by atoms with Crippen LogP contribution in [0.25, 0.3) is 0 Å². The van der Waals surface area contributed by atoms with Crippen molar-refractivity contribution in [1.82, 2.24) is 31.2 Å². The zero-order valence-electron chi connectivity index (χ0n) is 20.0. The van der Waals surface area contributed by atoms with Crippen molar-refractivity contribution in [2.45, 2.75) is 32.7 Å². The number of phenols is 1. The molecule has 0 aliphatic rings. The molecule has 0 aliphatic heterocycles. The van der Waals surface area contributed by atoms with Crippen LogP contribution in [0.5, 0.6) is 5.75 Å². The average molecular weight is 572 g/mol. The van der Waals surface area contributed by atoms with Gasteiger partial charge in [0.05, 0.1) is 11.0 Å². The van der Waals surface area contributed by atoms with Gasteiger partial charge in [-0.3, -0.25) is 9.59 Å². The number of hydrogen-bond acceptors (Lipinski definition) is 9. The van der Waals surface area contributed by atoms with Gasteiger partial charge >= 0.3 is 0 Å². The molecule has 0 radical (unpaired) electrons. The number of phenolic OH excluding ortho intramolecular Hbond substituents is 1. The maximum Gasteiger partial charge on any atom is 0.273 e. The molecule has 1 aromatic carbocycles. The summed E-state index contributed by atoms with van der Waals surface area (Å²) in [6.07, 6.45) is 0. The van der Waals surface area contributed by atoms with Crippen molar-refractivity contribution in [3.05, 3.63) is 38.6 Å². The quantitative estimate of drug-likeness (QED) is 0.196. The minimum absolute atomic E-state index is 0.0416. The number of nitrogen functional groups attached to an aromatic ring is 2. The summed E-state index contributed by atoms with van der Waals surface area (Å²) in [6, 6.07) is 3.91. The molecule has 1 heterocycles. The Hall–Kier alpha value is -2.67. The van der Waals surface area contributed by atoms with E-state index in [0.29, 0.717) is 30.7 Å². The number of nitrogens with one attached hydrogen (secondary N) is 4. The Bertz CT molecular complexity index is 1060. The summed E-state index contributed by atoms with van der Waals surface area (Å²) in [6.45, 7) is 8.44. The Kier molecular flexibility index (Phi) is 10.5. The molecule has 0 spiro atoms. The van der Waals surface area contributed by atoms with Gasteiger partial charge in [0.2, 0.25) is 5.91 Å².